The summed E-state index contributed by atoms with van der Waals surface area (Å²) in [6.45, 7) is 3.33. The van der Waals surface area contributed by atoms with Crippen LogP contribution in [0.1, 0.15) is 26.7 Å². The predicted octanol–water partition coefficient (Wildman–Crippen LogP) is -2.39. The number of hydrogen-bond acceptors (Lipinski definition) is 7. The lowest BCUT2D eigenvalue weighted by molar-refractivity contribution is -0.145. The number of carboxylic acid groups (broad SMARTS) is 1. The van der Waals surface area contributed by atoms with Crippen molar-refractivity contribution in [2.75, 3.05) is 12.3 Å². The van der Waals surface area contributed by atoms with Crippen LogP contribution in [-0.2, 0) is 19.2 Å². The fourth-order valence-electron chi connectivity index (χ4n) is 2.42. The molecule has 5 atom stereocenters. The molecule has 0 spiro atoms. The number of nitrogens with one attached hydrogen (secondary N) is 4. The summed E-state index contributed by atoms with van der Waals surface area (Å²) in [6.07, 6.45) is 0.255. The molecule has 1 fully saturated rings. The molecule has 1 rings (SSSR count). The molecule has 5 unspecified atom stereocenters. The molecule has 10 nitrogen and oxygen atoms in total. The Morgan fingerprint density at radius 1 is 1.15 bits per heavy atom. The maximum atomic E-state index is 12.3. The molecule has 1 aliphatic heterocycles. The number of rotatable bonds is 9. The van der Waals surface area contributed by atoms with Gasteiger partial charge in [0.1, 0.15) is 12.1 Å². The third-order valence-corrected chi connectivity index (χ3v) is 4.36. The predicted molar refractivity (Wildman–Crippen MR) is 95.7 cm³/mol. The molecular formula is C15H26N4O6S. The summed E-state index contributed by atoms with van der Waals surface area (Å²) in [7, 11) is 0. The normalized spacial score (nSPS) is 21.2. The summed E-state index contributed by atoms with van der Waals surface area (Å²) in [5.74, 6) is -3.05. The van der Waals surface area contributed by atoms with Crippen LogP contribution < -0.4 is 21.3 Å². The van der Waals surface area contributed by atoms with Crippen molar-refractivity contribution in [1.29, 1.82) is 0 Å². The van der Waals surface area contributed by atoms with Gasteiger partial charge in [-0.05, 0) is 33.2 Å². The summed E-state index contributed by atoms with van der Waals surface area (Å²) in [5.41, 5.74) is 0. The van der Waals surface area contributed by atoms with Gasteiger partial charge in [-0.1, -0.05) is 0 Å². The second kappa shape index (κ2) is 10.3. The van der Waals surface area contributed by atoms with Gasteiger partial charge in [0.15, 0.2) is 6.04 Å². The maximum Gasteiger partial charge on any atom is 0.328 e. The van der Waals surface area contributed by atoms with Crippen molar-refractivity contribution in [3.05, 3.63) is 0 Å². The Morgan fingerprint density at radius 2 is 1.81 bits per heavy atom. The molecule has 0 aromatic carbocycles. The van der Waals surface area contributed by atoms with E-state index in [0.29, 0.717) is 6.42 Å². The lowest BCUT2D eigenvalue weighted by atomic mass is 10.1. The number of hydrogen-bond donors (Lipinski definition) is 7. The molecule has 0 aromatic heterocycles. The van der Waals surface area contributed by atoms with E-state index in [4.69, 9.17) is 5.11 Å². The first-order chi connectivity index (χ1) is 12.2. The number of thiol groups is 1. The fraction of sp³-hybridized carbons (Fsp3) is 0.733. The van der Waals surface area contributed by atoms with Crippen molar-refractivity contribution in [3.63, 3.8) is 0 Å². The van der Waals surface area contributed by atoms with Crippen LogP contribution >= 0.6 is 12.6 Å². The number of carbonyl (C=O) groups excluding carboxylic acids is 3. The lowest BCUT2D eigenvalue weighted by Gasteiger charge is -2.23. The van der Waals surface area contributed by atoms with E-state index in [-0.39, 0.29) is 17.7 Å². The minimum Gasteiger partial charge on any atom is -0.480 e. The summed E-state index contributed by atoms with van der Waals surface area (Å²) in [5, 5.41) is 28.5. The second-order valence-electron chi connectivity index (χ2n) is 6.19. The molecular weight excluding hydrogens is 364 g/mol. The van der Waals surface area contributed by atoms with Gasteiger partial charge < -0.3 is 31.5 Å². The topological polar surface area (TPSA) is 157 Å². The first-order valence-electron chi connectivity index (χ1n) is 8.33. The molecule has 0 aromatic rings. The van der Waals surface area contributed by atoms with Crippen molar-refractivity contribution in [2.45, 2.75) is 57.0 Å². The van der Waals surface area contributed by atoms with Gasteiger partial charge in [0.05, 0.1) is 12.1 Å². The fourth-order valence-corrected chi connectivity index (χ4v) is 2.68. The van der Waals surface area contributed by atoms with E-state index in [1.54, 1.807) is 0 Å². The van der Waals surface area contributed by atoms with Gasteiger partial charge in [-0.3, -0.25) is 14.4 Å². The molecule has 1 aliphatic rings. The Kier molecular flexibility index (Phi) is 8.82. The Bertz CT molecular complexity index is 538. The molecule has 0 saturated carbocycles. The van der Waals surface area contributed by atoms with Crippen LogP contribution in [0.15, 0.2) is 0 Å². The summed E-state index contributed by atoms with van der Waals surface area (Å²) < 4.78 is 0. The van der Waals surface area contributed by atoms with E-state index in [1.165, 1.54) is 13.8 Å². The highest BCUT2D eigenvalue weighted by Crippen LogP contribution is 2.05. The molecule has 11 heteroatoms. The molecule has 3 amide bonds. The number of aliphatic carboxylic acids is 1. The number of carboxylic acids is 1. The average Bonchev–Trinajstić information content (AvgIpc) is 3.10. The van der Waals surface area contributed by atoms with Crippen LogP contribution in [0.4, 0.5) is 0 Å². The maximum absolute atomic E-state index is 12.3. The van der Waals surface area contributed by atoms with Gasteiger partial charge in [-0.2, -0.15) is 12.6 Å². The summed E-state index contributed by atoms with van der Waals surface area (Å²) in [4.78, 5) is 47.3. The van der Waals surface area contributed by atoms with E-state index >= 15 is 0 Å². The van der Waals surface area contributed by atoms with Crippen LogP contribution in [0.5, 0.6) is 0 Å². The molecule has 6 N–H and O–H groups in total. The van der Waals surface area contributed by atoms with Crippen LogP contribution in [-0.4, -0.2) is 76.5 Å². The average molecular weight is 390 g/mol. The van der Waals surface area contributed by atoms with Gasteiger partial charge >= 0.3 is 5.97 Å². The van der Waals surface area contributed by atoms with Gasteiger partial charge in [-0.25, -0.2) is 4.79 Å². The number of carbonyl (C=O) groups is 4. The zero-order valence-electron chi connectivity index (χ0n) is 14.7. The van der Waals surface area contributed by atoms with Crippen LogP contribution in [0.3, 0.4) is 0 Å². The van der Waals surface area contributed by atoms with Gasteiger partial charge in [0, 0.05) is 5.75 Å². The number of amides is 3. The number of aliphatic hydroxyl groups is 1. The Hall–Kier alpha value is -1.85. The zero-order chi connectivity index (χ0) is 19.9. The third-order valence-electron chi connectivity index (χ3n) is 3.99. The second-order valence-corrected chi connectivity index (χ2v) is 6.55. The van der Waals surface area contributed by atoms with Crippen molar-refractivity contribution in [2.24, 2.45) is 0 Å². The largest absolute Gasteiger partial charge is 0.480 e. The van der Waals surface area contributed by atoms with Gasteiger partial charge in [-0.15, -0.1) is 0 Å². The van der Waals surface area contributed by atoms with Crippen molar-refractivity contribution in [1.82, 2.24) is 21.3 Å². The summed E-state index contributed by atoms with van der Waals surface area (Å²) in [6, 6.07) is -3.84. The standard InChI is InChI=1S/C15H26N4O6S/c1-7(12(21)19-11(8(2)20)15(24)25)17-14(23)10(6-26)18-13(22)9-4-3-5-16-9/h7-11,16,20,26H,3-6H2,1-2H3,(H,17,23)(H,18,22)(H,19,21)(H,24,25). The summed E-state index contributed by atoms with van der Waals surface area (Å²) >= 11 is 4.05. The molecule has 0 radical (unpaired) electrons. The molecule has 1 saturated heterocycles. The molecule has 0 bridgehead atoms. The third kappa shape index (κ3) is 6.46. The van der Waals surface area contributed by atoms with Crippen molar-refractivity contribution >= 4 is 36.3 Å². The van der Waals surface area contributed by atoms with E-state index in [2.05, 4.69) is 33.9 Å². The first kappa shape index (κ1) is 22.2. The molecule has 0 aliphatic carbocycles. The SMILES string of the molecule is CC(NC(=O)C(CS)NC(=O)C1CCCN1)C(=O)NC(C(=O)O)C(C)O. The van der Waals surface area contributed by atoms with E-state index in [9.17, 15) is 24.3 Å². The highest BCUT2D eigenvalue weighted by molar-refractivity contribution is 7.80. The Morgan fingerprint density at radius 3 is 2.27 bits per heavy atom. The van der Waals surface area contributed by atoms with Crippen LogP contribution in [0.25, 0.3) is 0 Å². The highest BCUT2D eigenvalue weighted by Gasteiger charge is 2.30. The molecule has 148 valence electrons. The Balaban J connectivity index is 2.58. The van der Waals surface area contributed by atoms with Crippen molar-refractivity contribution in [3.8, 4) is 0 Å². The quantitative estimate of drug-likeness (QED) is 0.216. The minimum absolute atomic E-state index is 0.0318. The van der Waals surface area contributed by atoms with Crippen molar-refractivity contribution < 1.29 is 29.4 Å². The molecule has 26 heavy (non-hydrogen) atoms. The highest BCUT2D eigenvalue weighted by atomic mass is 32.1. The zero-order valence-corrected chi connectivity index (χ0v) is 15.6. The van der Waals surface area contributed by atoms with E-state index in [1.807, 2.05) is 0 Å². The smallest absolute Gasteiger partial charge is 0.328 e. The van der Waals surface area contributed by atoms with Crippen LogP contribution in [0.2, 0.25) is 0 Å². The van der Waals surface area contributed by atoms with Gasteiger partial charge in [0.2, 0.25) is 17.7 Å². The first-order valence-corrected chi connectivity index (χ1v) is 8.96. The van der Waals surface area contributed by atoms with E-state index in [0.717, 1.165) is 13.0 Å². The minimum atomic E-state index is -1.49. The number of aliphatic hydroxyl groups excluding tert-OH is 1. The Labute approximate surface area is 156 Å². The van der Waals surface area contributed by atoms with Crippen LogP contribution in [0, 0.1) is 0 Å². The monoisotopic (exact) mass is 390 g/mol. The van der Waals surface area contributed by atoms with E-state index < -0.39 is 42.0 Å². The molecule has 1 heterocycles. The van der Waals surface area contributed by atoms with Gasteiger partial charge in [0.25, 0.3) is 0 Å². The lowest BCUT2D eigenvalue weighted by Crippen LogP contribution is -2.57.